The van der Waals surface area contributed by atoms with Gasteiger partial charge < -0.3 is 4.74 Å². The first-order valence-electron chi connectivity index (χ1n) is 4.61. The van der Waals surface area contributed by atoms with Crippen molar-refractivity contribution in [2.45, 2.75) is 34.6 Å². The molecule has 0 spiro atoms. The smallest absolute Gasteiger partial charge is 0.308 e. The fourth-order valence-corrected chi connectivity index (χ4v) is 0.652. The Kier molecular flexibility index (Phi) is 4.95. The third kappa shape index (κ3) is 4.37. The summed E-state index contributed by atoms with van der Waals surface area (Å²) in [5, 5.41) is 0. The van der Waals surface area contributed by atoms with Crippen molar-refractivity contribution in [3.63, 3.8) is 0 Å². The highest BCUT2D eigenvalue weighted by atomic mass is 16.5. The molecule has 1 unspecified atom stereocenters. The summed E-state index contributed by atoms with van der Waals surface area (Å²) in [5.74, 6) is 0.737. The Labute approximate surface area is 75.3 Å². The summed E-state index contributed by atoms with van der Waals surface area (Å²) in [7, 11) is 0. The minimum atomic E-state index is -0.0706. The van der Waals surface area contributed by atoms with Gasteiger partial charge >= 0.3 is 5.97 Å². The molecule has 0 aromatic rings. The van der Waals surface area contributed by atoms with Crippen molar-refractivity contribution in [3.8, 4) is 0 Å². The normalized spacial score (nSPS) is 13.6. The summed E-state index contributed by atoms with van der Waals surface area (Å²) in [4.78, 5) is 11.3. The molecule has 0 saturated heterocycles. The topological polar surface area (TPSA) is 26.3 Å². The predicted octanol–water partition coefficient (Wildman–Crippen LogP) is 2.48. The molecule has 0 bridgehead atoms. The first kappa shape index (κ1) is 11.5. The van der Waals surface area contributed by atoms with E-state index in [0.29, 0.717) is 18.4 Å². The molecule has 12 heavy (non-hydrogen) atoms. The summed E-state index contributed by atoms with van der Waals surface area (Å²) in [6, 6.07) is 0. The van der Waals surface area contributed by atoms with Gasteiger partial charge in [-0.1, -0.05) is 34.6 Å². The molecule has 0 aromatic heterocycles. The number of carbonyl (C=O) groups is 1. The molecule has 0 aliphatic heterocycles. The van der Waals surface area contributed by atoms with Crippen LogP contribution in [0.25, 0.3) is 0 Å². The van der Waals surface area contributed by atoms with Crippen molar-refractivity contribution in [2.24, 2.45) is 17.8 Å². The van der Waals surface area contributed by atoms with Crippen LogP contribution >= 0.6 is 0 Å². The van der Waals surface area contributed by atoms with Crippen LogP contribution in [0.4, 0.5) is 0 Å². The summed E-state index contributed by atoms with van der Waals surface area (Å²) >= 11 is 0. The van der Waals surface area contributed by atoms with Gasteiger partial charge in [0, 0.05) is 0 Å². The van der Waals surface area contributed by atoms with E-state index in [1.165, 1.54) is 0 Å². The van der Waals surface area contributed by atoms with Crippen molar-refractivity contribution < 1.29 is 9.53 Å². The third-order valence-electron chi connectivity index (χ3n) is 1.93. The SMILES string of the molecule is CC(C)COC(=O)C(C)C(C)C. The van der Waals surface area contributed by atoms with E-state index in [9.17, 15) is 4.79 Å². The lowest BCUT2D eigenvalue weighted by Crippen LogP contribution is -2.21. The Bertz CT molecular complexity index is 139. The van der Waals surface area contributed by atoms with Crippen molar-refractivity contribution in [2.75, 3.05) is 6.61 Å². The molecule has 72 valence electrons. The number of hydrogen-bond donors (Lipinski definition) is 0. The lowest BCUT2D eigenvalue weighted by atomic mass is 9.99. The highest BCUT2D eigenvalue weighted by Crippen LogP contribution is 2.11. The van der Waals surface area contributed by atoms with Crippen molar-refractivity contribution in [1.82, 2.24) is 0 Å². The third-order valence-corrected chi connectivity index (χ3v) is 1.93. The van der Waals surface area contributed by atoms with E-state index in [4.69, 9.17) is 4.74 Å². The van der Waals surface area contributed by atoms with Crippen molar-refractivity contribution >= 4 is 5.97 Å². The average molecular weight is 172 g/mol. The van der Waals surface area contributed by atoms with E-state index >= 15 is 0 Å². The largest absolute Gasteiger partial charge is 0.465 e. The van der Waals surface area contributed by atoms with Gasteiger partial charge in [-0.25, -0.2) is 0 Å². The van der Waals surface area contributed by atoms with Crippen LogP contribution in [-0.4, -0.2) is 12.6 Å². The van der Waals surface area contributed by atoms with E-state index in [-0.39, 0.29) is 11.9 Å². The van der Waals surface area contributed by atoms with Gasteiger partial charge in [0.1, 0.15) is 0 Å². The molecule has 1 atom stereocenters. The Morgan fingerprint density at radius 2 is 1.67 bits per heavy atom. The second-order valence-corrected chi connectivity index (χ2v) is 4.06. The molecule has 0 amide bonds. The van der Waals surface area contributed by atoms with E-state index in [0.717, 1.165) is 0 Å². The van der Waals surface area contributed by atoms with Crippen LogP contribution in [0.1, 0.15) is 34.6 Å². The van der Waals surface area contributed by atoms with E-state index in [1.807, 2.05) is 34.6 Å². The van der Waals surface area contributed by atoms with Gasteiger partial charge in [0.15, 0.2) is 0 Å². The molecule has 2 heteroatoms. The molecule has 0 N–H and O–H groups in total. The molecule has 0 aliphatic carbocycles. The van der Waals surface area contributed by atoms with Crippen LogP contribution in [0.3, 0.4) is 0 Å². The van der Waals surface area contributed by atoms with Crippen LogP contribution in [0.5, 0.6) is 0 Å². The Hall–Kier alpha value is -0.530. The van der Waals surface area contributed by atoms with Crippen LogP contribution in [-0.2, 0) is 9.53 Å². The second kappa shape index (κ2) is 5.18. The number of esters is 1. The summed E-state index contributed by atoms with van der Waals surface area (Å²) in [6.45, 7) is 10.6. The van der Waals surface area contributed by atoms with Gasteiger partial charge in [-0.05, 0) is 11.8 Å². The van der Waals surface area contributed by atoms with Gasteiger partial charge in [-0.2, -0.15) is 0 Å². The van der Waals surface area contributed by atoms with E-state index in [1.54, 1.807) is 0 Å². The molecule has 0 radical (unpaired) electrons. The van der Waals surface area contributed by atoms with Crippen LogP contribution in [0.2, 0.25) is 0 Å². The van der Waals surface area contributed by atoms with E-state index < -0.39 is 0 Å². The molecular formula is C10H20O2. The van der Waals surface area contributed by atoms with Crippen LogP contribution < -0.4 is 0 Å². The lowest BCUT2D eigenvalue weighted by molar-refractivity contribution is -0.150. The van der Waals surface area contributed by atoms with Gasteiger partial charge in [0.2, 0.25) is 0 Å². The second-order valence-electron chi connectivity index (χ2n) is 4.06. The minimum absolute atomic E-state index is 0.0174. The van der Waals surface area contributed by atoms with Crippen molar-refractivity contribution in [1.29, 1.82) is 0 Å². The molecular weight excluding hydrogens is 152 g/mol. The summed E-state index contributed by atoms with van der Waals surface area (Å²) in [5.41, 5.74) is 0. The summed E-state index contributed by atoms with van der Waals surface area (Å²) < 4.78 is 5.09. The minimum Gasteiger partial charge on any atom is -0.465 e. The van der Waals surface area contributed by atoms with Gasteiger partial charge in [0.05, 0.1) is 12.5 Å². The molecule has 0 saturated carbocycles. The maximum absolute atomic E-state index is 11.3. The summed E-state index contributed by atoms with van der Waals surface area (Å²) in [6.07, 6.45) is 0. The lowest BCUT2D eigenvalue weighted by Gasteiger charge is -2.15. The predicted molar refractivity (Wildman–Crippen MR) is 49.8 cm³/mol. The fourth-order valence-electron chi connectivity index (χ4n) is 0.652. The zero-order valence-electron chi connectivity index (χ0n) is 8.76. The zero-order valence-corrected chi connectivity index (χ0v) is 8.76. The molecule has 0 aliphatic rings. The van der Waals surface area contributed by atoms with Crippen LogP contribution in [0.15, 0.2) is 0 Å². The number of ether oxygens (including phenoxy) is 1. The highest BCUT2D eigenvalue weighted by molar-refractivity contribution is 5.72. The van der Waals surface area contributed by atoms with Crippen molar-refractivity contribution in [3.05, 3.63) is 0 Å². The quantitative estimate of drug-likeness (QED) is 0.609. The molecule has 0 rings (SSSR count). The van der Waals surface area contributed by atoms with E-state index in [2.05, 4.69) is 0 Å². The first-order chi connectivity index (χ1) is 5.45. The molecule has 0 heterocycles. The molecule has 0 aromatic carbocycles. The number of hydrogen-bond acceptors (Lipinski definition) is 2. The average Bonchev–Trinajstić information content (AvgIpc) is 1.98. The maximum Gasteiger partial charge on any atom is 0.308 e. The Morgan fingerprint density at radius 1 is 1.17 bits per heavy atom. The zero-order chi connectivity index (χ0) is 9.72. The van der Waals surface area contributed by atoms with Crippen LogP contribution in [0, 0.1) is 17.8 Å². The molecule has 2 nitrogen and oxygen atoms in total. The maximum atomic E-state index is 11.3. The Balaban J connectivity index is 3.72. The highest BCUT2D eigenvalue weighted by Gasteiger charge is 2.17. The number of rotatable bonds is 4. The standard InChI is InChI=1S/C10H20O2/c1-7(2)6-12-10(11)9(5)8(3)4/h7-9H,6H2,1-5H3. The van der Waals surface area contributed by atoms with Gasteiger partial charge in [-0.3, -0.25) is 4.79 Å². The first-order valence-corrected chi connectivity index (χ1v) is 4.61. The monoisotopic (exact) mass is 172 g/mol. The number of carbonyl (C=O) groups excluding carboxylic acids is 1. The Morgan fingerprint density at radius 3 is 2.00 bits per heavy atom. The van der Waals surface area contributed by atoms with Gasteiger partial charge in [-0.15, -0.1) is 0 Å². The van der Waals surface area contributed by atoms with Gasteiger partial charge in [0.25, 0.3) is 0 Å². The fraction of sp³-hybridized carbons (Fsp3) is 0.900. The molecule has 0 fully saturated rings.